The quantitative estimate of drug-likeness (QED) is 0.0347. The van der Waals surface area contributed by atoms with E-state index >= 15 is 0 Å². The molecule has 0 radical (unpaired) electrons. The van der Waals surface area contributed by atoms with E-state index in [1.54, 1.807) is 49.5 Å². The molecule has 76 heavy (non-hydrogen) atoms. The lowest BCUT2D eigenvalue weighted by Gasteiger charge is -2.19. The van der Waals surface area contributed by atoms with Crippen molar-refractivity contribution < 1.29 is 40.1 Å². The zero-order chi connectivity index (χ0) is 56.2. The molecule has 4 N–H and O–H groups in total. The van der Waals surface area contributed by atoms with E-state index in [2.05, 4.69) is 47.6 Å². The Balaban J connectivity index is 0.000000221. The first-order chi connectivity index (χ1) is 35.7. The van der Waals surface area contributed by atoms with Gasteiger partial charge in [-0.3, -0.25) is 9.36 Å². The zero-order valence-electron chi connectivity index (χ0n) is 43.9. The van der Waals surface area contributed by atoms with Crippen molar-refractivity contribution in [2.75, 3.05) is 30.0 Å². The number of nitrogens with one attached hydrogen (secondary N) is 2. The minimum Gasteiger partial charge on any atom is -0.806 e. The van der Waals surface area contributed by atoms with Crippen LogP contribution in [0.5, 0.6) is 0 Å². The molecule has 18 nitrogen and oxygen atoms in total. The summed E-state index contributed by atoms with van der Waals surface area (Å²) < 4.78 is 87.2. The normalized spacial score (nSPS) is 11.5. The monoisotopic (exact) mass is 1070 g/mol. The Bertz CT molecular complexity index is 3570. The van der Waals surface area contributed by atoms with Crippen molar-refractivity contribution in [2.24, 2.45) is 4.40 Å². The number of anilines is 3. The fourth-order valence-corrected chi connectivity index (χ4v) is 8.79. The molecule has 0 saturated heterocycles. The maximum Gasteiger partial charge on any atom is 0.388 e. The van der Waals surface area contributed by atoms with Crippen molar-refractivity contribution in [1.82, 2.24) is 34.3 Å². The van der Waals surface area contributed by atoms with Crippen LogP contribution in [0.15, 0.2) is 124 Å². The molecule has 398 valence electrons. The Morgan fingerprint density at radius 2 is 1.28 bits per heavy atom. The minimum atomic E-state index is -4.22. The van der Waals surface area contributed by atoms with Crippen molar-refractivity contribution in [3.63, 3.8) is 0 Å². The molecule has 0 bridgehead atoms. The van der Waals surface area contributed by atoms with E-state index in [4.69, 9.17) is 12.2 Å². The molecule has 7 rings (SSSR count). The molecule has 5 aromatic heterocycles. The third kappa shape index (κ3) is 15.1. The molecule has 0 unspecified atom stereocenters. The van der Waals surface area contributed by atoms with Crippen LogP contribution in [0.4, 0.5) is 30.6 Å². The second kappa shape index (κ2) is 25.2. The molecule has 0 spiro atoms. The van der Waals surface area contributed by atoms with Gasteiger partial charge in [0.25, 0.3) is 16.0 Å². The molecular formula is C54H60F2N12O6S2. The summed E-state index contributed by atoms with van der Waals surface area (Å²) in [4.78, 5) is 22.8. The maximum absolute atomic E-state index is 14.5. The highest BCUT2D eigenvalue weighted by Crippen LogP contribution is 2.37. The standard InChI is InChI=1S/C24H26FN5O3S.C16H15FN2.C14H19N5O3S/c1-6-7-19-12-17(8-10-26-19)21-14-18(25)13-20(15(2)3)23(21)27-24(31)29-34(32,33)22-9-11-30(28-22)16(4)5;1-4-13-7-11(5-6-19-13)15-9-12(17)8-14(10(2)3)16(15)18;1-11(2)19-10-7-13(15-19)23(21,22)16-14(20)18-8-5-12(6-9-18)17(3)4/h8-16H,1-5H3,(H2,27,29,31);1,5-10H,18H2,2-3H3;5-11H,1-4H3. The van der Waals surface area contributed by atoms with E-state index in [9.17, 15) is 35.5 Å². The lowest BCUT2D eigenvalue weighted by Crippen LogP contribution is -2.51. The van der Waals surface area contributed by atoms with E-state index < -0.39 is 37.9 Å². The first-order valence-electron chi connectivity index (χ1n) is 23.6. The number of rotatable bonds is 12. The summed E-state index contributed by atoms with van der Waals surface area (Å²) in [7, 11) is -4.63. The van der Waals surface area contributed by atoms with Gasteiger partial charge in [-0.25, -0.2) is 32.8 Å². The van der Waals surface area contributed by atoms with Gasteiger partial charge in [-0.1, -0.05) is 39.5 Å². The van der Waals surface area contributed by atoms with Gasteiger partial charge in [0, 0.05) is 90.0 Å². The van der Waals surface area contributed by atoms with Gasteiger partial charge in [0.1, 0.15) is 23.0 Å². The SMILES string of the molecule is C#Cc1cc(-c2cc(F)cc(C(C)C)c2N)ccn1.CC#Cc1cc(-c2cc(F)cc(C(C)C)c2NC(=O)NS(=O)(=O)c2ccn(C(C)C)n2)ccn1.CC(C)n1ccc(S(=O)(=O)N=C([O-])[n+]2ccc(N(C)C)cc2)n1. The smallest absolute Gasteiger partial charge is 0.388 e. The fraction of sp³-hybridized carbons (Fsp3) is 0.278. The van der Waals surface area contributed by atoms with Gasteiger partial charge in [-0.15, -0.1) is 6.42 Å². The van der Waals surface area contributed by atoms with E-state index in [0.717, 1.165) is 21.4 Å². The Morgan fingerprint density at radius 3 is 1.80 bits per heavy atom. The van der Waals surface area contributed by atoms with Crippen LogP contribution in [0.3, 0.4) is 0 Å². The molecule has 0 aliphatic carbocycles. The number of nitrogen functional groups attached to an aromatic ring is 1. The number of aromatic nitrogens is 7. The van der Waals surface area contributed by atoms with E-state index in [1.165, 1.54) is 76.7 Å². The number of terminal acetylenes is 1. The number of amides is 2. The molecule has 2 amide bonds. The van der Waals surface area contributed by atoms with Crippen molar-refractivity contribution in [3.8, 4) is 46.4 Å². The molecule has 0 saturated carbocycles. The molecule has 0 atom stereocenters. The number of hydrogen-bond donors (Lipinski definition) is 3. The Hall–Kier alpha value is -8.47. The largest absolute Gasteiger partial charge is 0.806 e. The number of hydrogen-bond acceptors (Lipinski definition) is 12. The Labute approximate surface area is 442 Å². The number of urea groups is 1. The summed E-state index contributed by atoms with van der Waals surface area (Å²) in [5.41, 5.74) is 12.6. The Kier molecular flexibility index (Phi) is 19.4. The van der Waals surface area contributed by atoms with Crippen LogP contribution in [-0.4, -0.2) is 72.5 Å². The van der Waals surface area contributed by atoms with Crippen LogP contribution in [0.1, 0.15) is 109 Å². The predicted molar refractivity (Wildman–Crippen MR) is 288 cm³/mol. The fourth-order valence-electron chi connectivity index (χ4n) is 7.13. The molecule has 2 aromatic carbocycles. The number of halogens is 2. The minimum absolute atomic E-state index is 0.0163. The molecule has 22 heteroatoms. The zero-order valence-corrected chi connectivity index (χ0v) is 45.5. The Morgan fingerprint density at radius 1 is 0.763 bits per heavy atom. The van der Waals surface area contributed by atoms with Crippen LogP contribution >= 0.6 is 0 Å². The number of nitrogens with two attached hydrogens (primary N) is 1. The molecule has 7 aromatic rings. The average Bonchev–Trinajstić information content (AvgIpc) is 4.09. The van der Waals surface area contributed by atoms with Gasteiger partial charge >= 0.3 is 16.1 Å². The van der Waals surface area contributed by atoms with Gasteiger partial charge in [-0.2, -0.15) is 27.0 Å². The van der Waals surface area contributed by atoms with Gasteiger partial charge in [-0.05, 0) is 135 Å². The summed E-state index contributed by atoms with van der Waals surface area (Å²) in [6.45, 7) is 16.8. The number of nitrogens with zero attached hydrogens (tertiary/aromatic N) is 9. The van der Waals surface area contributed by atoms with Crippen LogP contribution in [0.2, 0.25) is 0 Å². The van der Waals surface area contributed by atoms with Crippen molar-refractivity contribution in [2.45, 2.75) is 96.3 Å². The molecule has 0 aliphatic heterocycles. The van der Waals surface area contributed by atoms with Crippen LogP contribution in [-0.2, 0) is 20.0 Å². The summed E-state index contributed by atoms with van der Waals surface area (Å²) in [6, 6.07) is 16.4. The second-order valence-electron chi connectivity index (χ2n) is 18.3. The van der Waals surface area contributed by atoms with Crippen molar-refractivity contribution in [3.05, 3.63) is 144 Å². The van der Waals surface area contributed by atoms with Crippen LogP contribution in [0.25, 0.3) is 22.3 Å². The summed E-state index contributed by atoms with van der Waals surface area (Å²) >= 11 is 0. The molecular weight excluding hydrogens is 1010 g/mol. The lowest BCUT2D eigenvalue weighted by atomic mass is 9.94. The summed E-state index contributed by atoms with van der Waals surface area (Å²) in [5, 5.41) is 22.0. The number of carbonyl (C=O) groups excluding carboxylic acids is 1. The summed E-state index contributed by atoms with van der Waals surface area (Å²) in [5.74, 6) is 7.27. The van der Waals surface area contributed by atoms with Gasteiger partial charge in [0.15, 0.2) is 5.03 Å². The topological polar surface area (TPSA) is 239 Å². The van der Waals surface area contributed by atoms with Crippen LogP contribution in [0, 0.1) is 35.8 Å². The highest BCUT2D eigenvalue weighted by molar-refractivity contribution is 7.90. The summed E-state index contributed by atoms with van der Waals surface area (Å²) in [6.07, 6.45) is 14.4. The first kappa shape index (κ1) is 58.4. The molecule has 0 aliphatic rings. The highest BCUT2D eigenvalue weighted by Gasteiger charge is 2.26. The number of carbonyl (C=O) groups is 1. The average molecular weight is 1080 g/mol. The molecule has 0 fully saturated rings. The lowest BCUT2D eigenvalue weighted by molar-refractivity contribution is -0.613. The van der Waals surface area contributed by atoms with E-state index in [0.29, 0.717) is 45.0 Å². The third-order valence-electron chi connectivity index (χ3n) is 11.1. The maximum atomic E-state index is 14.5. The first-order valence-corrected chi connectivity index (χ1v) is 26.6. The number of pyridine rings is 3. The van der Waals surface area contributed by atoms with Crippen molar-refractivity contribution >= 4 is 49.2 Å². The predicted octanol–water partition coefficient (Wildman–Crippen LogP) is 8.02. The molecule has 5 heterocycles. The van der Waals surface area contributed by atoms with Crippen molar-refractivity contribution in [1.29, 1.82) is 0 Å². The second-order valence-corrected chi connectivity index (χ2v) is 21.5. The van der Waals surface area contributed by atoms with E-state index in [-0.39, 0.29) is 39.8 Å². The number of benzene rings is 2. The van der Waals surface area contributed by atoms with Gasteiger partial charge < -0.3 is 21.1 Å². The highest BCUT2D eigenvalue weighted by atomic mass is 32.2. The van der Waals surface area contributed by atoms with Crippen LogP contribution < -0.4 is 30.3 Å². The van der Waals surface area contributed by atoms with Gasteiger partial charge in [0.05, 0.1) is 18.1 Å². The number of sulfonamides is 2. The van der Waals surface area contributed by atoms with Gasteiger partial charge in [0.2, 0.25) is 5.03 Å². The third-order valence-corrected chi connectivity index (χ3v) is 13.4. The van der Waals surface area contributed by atoms with E-state index in [1.807, 2.05) is 79.1 Å².